The maximum Gasteiger partial charge on any atom is 0.262 e. The quantitative estimate of drug-likeness (QED) is 0.573. The van der Waals surface area contributed by atoms with Crippen molar-refractivity contribution in [3.8, 4) is 0 Å². The van der Waals surface area contributed by atoms with Crippen LogP contribution in [0.1, 0.15) is 16.6 Å². The van der Waals surface area contributed by atoms with Crippen molar-refractivity contribution in [3.63, 3.8) is 0 Å². The summed E-state index contributed by atoms with van der Waals surface area (Å²) in [6, 6.07) is 8.30. The number of morpholine rings is 1. The second-order valence-corrected chi connectivity index (χ2v) is 9.91. The van der Waals surface area contributed by atoms with Crippen molar-refractivity contribution >= 4 is 68.0 Å². The lowest BCUT2D eigenvalue weighted by atomic mass is 10.0. The van der Waals surface area contributed by atoms with Gasteiger partial charge in [-0.15, -0.1) is 11.3 Å². The maximum atomic E-state index is 13.0. The number of rotatable bonds is 7. The van der Waals surface area contributed by atoms with Crippen LogP contribution in [0.4, 0.5) is 11.4 Å². The number of methoxy groups -OCH3 is 1. The van der Waals surface area contributed by atoms with Crippen LogP contribution in [0.3, 0.4) is 0 Å². The van der Waals surface area contributed by atoms with E-state index >= 15 is 0 Å². The van der Waals surface area contributed by atoms with E-state index in [4.69, 9.17) is 21.1 Å². The number of halogens is 2. The summed E-state index contributed by atoms with van der Waals surface area (Å²) in [5.74, 6) is -1.03. The molecule has 0 radical (unpaired) electrons. The summed E-state index contributed by atoms with van der Waals surface area (Å²) >= 11 is 11.0. The van der Waals surface area contributed by atoms with E-state index in [1.165, 1.54) is 18.4 Å². The van der Waals surface area contributed by atoms with Gasteiger partial charge in [0.05, 0.1) is 32.6 Å². The van der Waals surface area contributed by atoms with Crippen LogP contribution in [0.15, 0.2) is 34.1 Å². The molecule has 2 N–H and O–H groups in total. The Labute approximate surface area is 197 Å². The molecule has 11 heteroatoms. The SMILES string of the molecule is COC[C@@](C)(NC(=O)c1ccc(Br)s1)C(=O)Nc1ccc(N2CCOCC2=O)c(Cl)c1. The Kier molecular flexibility index (Phi) is 7.71. The molecule has 2 aromatic rings. The summed E-state index contributed by atoms with van der Waals surface area (Å²) in [4.78, 5) is 39.7. The van der Waals surface area contributed by atoms with Crippen LogP contribution in [0.5, 0.6) is 0 Å². The van der Waals surface area contributed by atoms with Gasteiger partial charge in [-0.05, 0) is 53.2 Å². The molecule has 3 rings (SSSR count). The Morgan fingerprint density at radius 2 is 2.13 bits per heavy atom. The van der Waals surface area contributed by atoms with Gasteiger partial charge >= 0.3 is 0 Å². The summed E-state index contributed by atoms with van der Waals surface area (Å²) < 4.78 is 11.1. The largest absolute Gasteiger partial charge is 0.382 e. The highest BCUT2D eigenvalue weighted by Gasteiger charge is 2.36. The number of carbonyl (C=O) groups is 3. The number of carbonyl (C=O) groups excluding carboxylic acids is 3. The van der Waals surface area contributed by atoms with Gasteiger partial charge in [0.1, 0.15) is 12.1 Å². The number of amides is 3. The summed E-state index contributed by atoms with van der Waals surface area (Å²) in [6.07, 6.45) is 0. The minimum absolute atomic E-state index is 0.00466. The third-order valence-electron chi connectivity index (χ3n) is 4.60. The zero-order chi connectivity index (χ0) is 22.6. The van der Waals surface area contributed by atoms with E-state index in [-0.39, 0.29) is 25.0 Å². The topological polar surface area (TPSA) is 97.0 Å². The average molecular weight is 531 g/mol. The van der Waals surface area contributed by atoms with Crippen molar-refractivity contribution in [2.45, 2.75) is 12.5 Å². The van der Waals surface area contributed by atoms with Crippen LogP contribution in [-0.2, 0) is 19.1 Å². The van der Waals surface area contributed by atoms with Crippen molar-refractivity contribution in [3.05, 3.63) is 44.0 Å². The van der Waals surface area contributed by atoms with E-state index in [1.54, 1.807) is 42.2 Å². The number of ether oxygens (including phenoxy) is 2. The molecular weight excluding hydrogens is 510 g/mol. The molecule has 0 unspecified atom stereocenters. The van der Waals surface area contributed by atoms with Crippen LogP contribution in [0.2, 0.25) is 5.02 Å². The zero-order valence-electron chi connectivity index (χ0n) is 16.9. The molecule has 0 spiro atoms. The molecule has 1 aromatic carbocycles. The highest BCUT2D eigenvalue weighted by molar-refractivity contribution is 9.11. The molecule has 1 saturated heterocycles. The normalized spacial score (nSPS) is 16.0. The van der Waals surface area contributed by atoms with Crippen molar-refractivity contribution in [2.24, 2.45) is 0 Å². The Balaban J connectivity index is 1.74. The number of hydrogen-bond acceptors (Lipinski definition) is 6. The second-order valence-electron chi connectivity index (χ2n) is 7.04. The van der Waals surface area contributed by atoms with Gasteiger partial charge in [0.15, 0.2) is 0 Å². The molecule has 1 aliphatic rings. The predicted molar refractivity (Wildman–Crippen MR) is 123 cm³/mol. The lowest BCUT2D eigenvalue weighted by Crippen LogP contribution is -2.57. The van der Waals surface area contributed by atoms with Crippen molar-refractivity contribution in [2.75, 3.05) is 43.7 Å². The van der Waals surface area contributed by atoms with Crippen molar-refractivity contribution in [1.29, 1.82) is 0 Å². The molecule has 31 heavy (non-hydrogen) atoms. The minimum Gasteiger partial charge on any atom is -0.382 e. The van der Waals surface area contributed by atoms with Crippen molar-refractivity contribution in [1.82, 2.24) is 5.32 Å². The standard InChI is InChI=1S/C20H21BrClN3O5S/c1-20(11-29-2,24-18(27)15-5-6-16(21)31-15)19(28)23-12-3-4-14(13(22)9-12)25-7-8-30-10-17(25)26/h3-6,9H,7-8,10-11H2,1-2H3,(H,23,28)(H,24,27)/t20-/m1/s1. The first kappa shape index (κ1) is 23.7. The highest BCUT2D eigenvalue weighted by atomic mass is 79.9. The number of benzene rings is 1. The number of anilines is 2. The zero-order valence-corrected chi connectivity index (χ0v) is 20.0. The van der Waals surface area contributed by atoms with Gasteiger partial charge in [-0.1, -0.05) is 11.6 Å². The fourth-order valence-corrected chi connectivity index (χ4v) is 4.60. The molecule has 1 aromatic heterocycles. The molecule has 8 nitrogen and oxygen atoms in total. The molecule has 0 bridgehead atoms. The molecule has 3 amide bonds. The summed E-state index contributed by atoms with van der Waals surface area (Å²) in [6.45, 7) is 2.38. The lowest BCUT2D eigenvalue weighted by Gasteiger charge is -2.29. The first-order valence-corrected chi connectivity index (χ1v) is 11.3. The Bertz CT molecular complexity index is 1000. The third kappa shape index (κ3) is 5.64. The van der Waals surface area contributed by atoms with Crippen LogP contribution in [0, 0.1) is 0 Å². The van der Waals surface area contributed by atoms with Gasteiger partial charge < -0.3 is 25.0 Å². The van der Waals surface area contributed by atoms with Crippen LogP contribution >= 0.6 is 38.9 Å². The molecule has 1 fully saturated rings. The van der Waals surface area contributed by atoms with E-state index in [1.807, 2.05) is 0 Å². The average Bonchev–Trinajstić information content (AvgIpc) is 3.15. The van der Waals surface area contributed by atoms with E-state index in [0.717, 1.165) is 3.79 Å². The highest BCUT2D eigenvalue weighted by Crippen LogP contribution is 2.30. The van der Waals surface area contributed by atoms with Crippen molar-refractivity contribution < 1.29 is 23.9 Å². The second kappa shape index (κ2) is 10.1. The maximum absolute atomic E-state index is 13.0. The van der Waals surface area contributed by atoms with Gasteiger partial charge in [0.25, 0.3) is 17.7 Å². The molecular formula is C20H21BrClN3O5S. The van der Waals surface area contributed by atoms with Gasteiger partial charge in [0.2, 0.25) is 0 Å². The van der Waals surface area contributed by atoms with Gasteiger partial charge in [-0.2, -0.15) is 0 Å². The number of hydrogen-bond donors (Lipinski definition) is 2. The number of nitrogens with one attached hydrogen (secondary N) is 2. The summed E-state index contributed by atoms with van der Waals surface area (Å²) in [7, 11) is 1.45. The van der Waals surface area contributed by atoms with Crippen LogP contribution in [-0.4, -0.2) is 56.7 Å². The van der Waals surface area contributed by atoms with Gasteiger partial charge in [-0.3, -0.25) is 14.4 Å². The molecule has 0 saturated carbocycles. The summed E-state index contributed by atoms with van der Waals surface area (Å²) in [5, 5.41) is 5.81. The first-order valence-electron chi connectivity index (χ1n) is 9.29. The number of thiophene rings is 1. The Morgan fingerprint density at radius 3 is 2.74 bits per heavy atom. The van der Waals surface area contributed by atoms with E-state index in [0.29, 0.717) is 34.4 Å². The molecule has 1 atom stereocenters. The smallest absolute Gasteiger partial charge is 0.262 e. The molecule has 166 valence electrons. The molecule has 0 aliphatic carbocycles. The Hall–Kier alpha value is -1.98. The van der Waals surface area contributed by atoms with Crippen LogP contribution in [0.25, 0.3) is 0 Å². The molecule has 2 heterocycles. The molecule has 1 aliphatic heterocycles. The van der Waals surface area contributed by atoms with Gasteiger partial charge in [0, 0.05) is 19.3 Å². The number of nitrogens with zero attached hydrogens (tertiary/aromatic N) is 1. The Morgan fingerprint density at radius 1 is 1.35 bits per heavy atom. The van der Waals surface area contributed by atoms with Crippen LogP contribution < -0.4 is 15.5 Å². The van der Waals surface area contributed by atoms with Gasteiger partial charge in [-0.25, -0.2) is 0 Å². The monoisotopic (exact) mass is 529 g/mol. The fourth-order valence-electron chi connectivity index (χ4n) is 3.04. The van der Waals surface area contributed by atoms with E-state index < -0.39 is 11.4 Å². The lowest BCUT2D eigenvalue weighted by molar-refractivity contribution is -0.125. The first-order chi connectivity index (χ1) is 14.7. The minimum atomic E-state index is -1.33. The fraction of sp³-hybridized carbons (Fsp3) is 0.350. The summed E-state index contributed by atoms with van der Waals surface area (Å²) in [5.41, 5.74) is -0.354. The van der Waals surface area contributed by atoms with E-state index in [9.17, 15) is 14.4 Å². The predicted octanol–water partition coefficient (Wildman–Crippen LogP) is 3.30. The van der Waals surface area contributed by atoms with E-state index in [2.05, 4.69) is 26.6 Å². The third-order valence-corrected chi connectivity index (χ3v) is 6.53.